The molecule has 4 aromatic carbocycles. The minimum Gasteiger partial charge on any atom is -0.488 e. The highest BCUT2D eigenvalue weighted by Crippen LogP contribution is 2.50. The summed E-state index contributed by atoms with van der Waals surface area (Å²) in [6.45, 7) is 0.623. The van der Waals surface area contributed by atoms with Crippen molar-refractivity contribution < 1.29 is 56.3 Å². The highest BCUT2D eigenvalue weighted by Gasteiger charge is 2.33. The Kier molecular flexibility index (Phi) is 12.2. The average Bonchev–Trinajstić information content (AvgIpc) is 3.14. The van der Waals surface area contributed by atoms with Crippen LogP contribution in [0.3, 0.4) is 0 Å². The first-order chi connectivity index (χ1) is 25.4. The molecule has 280 valence electrons. The molecular weight excluding hydrogens is 694 g/mol. The number of carbonyl (C=O) groups is 3. The predicted molar refractivity (Wildman–Crippen MR) is 191 cm³/mol. The first kappa shape index (κ1) is 38.2. The largest absolute Gasteiger partial charge is 0.488 e. The maximum absolute atomic E-state index is 15.5. The Morgan fingerprint density at radius 1 is 0.679 bits per heavy atom. The first-order valence-electron chi connectivity index (χ1n) is 16.5. The van der Waals surface area contributed by atoms with E-state index in [1.165, 1.54) is 38.4 Å². The lowest BCUT2D eigenvalue weighted by Gasteiger charge is -2.31. The fourth-order valence-electron chi connectivity index (χ4n) is 5.79. The molecule has 0 spiro atoms. The monoisotopic (exact) mass is 734 g/mol. The summed E-state index contributed by atoms with van der Waals surface area (Å²) in [4.78, 5) is 39.7. The molecule has 14 heteroatoms. The van der Waals surface area contributed by atoms with Crippen LogP contribution in [-0.4, -0.2) is 86.2 Å². The van der Waals surface area contributed by atoms with E-state index in [2.05, 4.69) is 4.74 Å². The number of nitrogens with zero attached hydrogens (tertiary/aromatic N) is 2. The van der Waals surface area contributed by atoms with Gasteiger partial charge in [0.15, 0.2) is 18.1 Å². The standard InChI is InChI=1S/C39H40F2N2O10/c1-23-15-33-25(17-27(23)40)39(26-18-28(41)30(42(2)3)19-34(26)53-33)24-11-12-29(43(20-36(44)47-4)21-37(45)48-5)35(16-24)51-14-13-50-31-9-7-8-10-32(31)52-22-38(46)49-6/h7-12,15-19,39H,13-14,20-22H2,1-6H3. The van der Waals surface area contributed by atoms with Crippen molar-refractivity contribution in [1.29, 1.82) is 0 Å². The van der Waals surface area contributed by atoms with Gasteiger partial charge in [-0.05, 0) is 60.5 Å². The maximum atomic E-state index is 15.5. The second kappa shape index (κ2) is 17.0. The Hall–Kier alpha value is -6.05. The van der Waals surface area contributed by atoms with Crippen molar-refractivity contribution in [3.8, 4) is 28.7 Å². The molecule has 0 aromatic heterocycles. The van der Waals surface area contributed by atoms with Crippen molar-refractivity contribution >= 4 is 29.3 Å². The van der Waals surface area contributed by atoms with Crippen LogP contribution in [0.1, 0.15) is 28.2 Å². The molecule has 4 aromatic rings. The topological polar surface area (TPSA) is 122 Å². The van der Waals surface area contributed by atoms with E-state index in [-0.39, 0.29) is 38.7 Å². The van der Waals surface area contributed by atoms with Crippen molar-refractivity contribution in [2.45, 2.75) is 12.8 Å². The second-order valence-corrected chi connectivity index (χ2v) is 12.2. The van der Waals surface area contributed by atoms with E-state index in [0.29, 0.717) is 56.6 Å². The van der Waals surface area contributed by atoms with Gasteiger partial charge in [0, 0.05) is 37.2 Å². The van der Waals surface area contributed by atoms with E-state index < -0.39 is 35.5 Å². The Labute approximate surface area is 305 Å². The quantitative estimate of drug-likeness (QED) is 0.0736. The van der Waals surface area contributed by atoms with Crippen molar-refractivity contribution in [1.82, 2.24) is 0 Å². The second-order valence-electron chi connectivity index (χ2n) is 12.2. The minimum absolute atomic E-state index is 0.00220. The molecule has 1 aliphatic rings. The number of methoxy groups -OCH3 is 3. The zero-order valence-electron chi connectivity index (χ0n) is 30.2. The molecule has 1 unspecified atom stereocenters. The molecule has 0 saturated carbocycles. The number of carbonyl (C=O) groups excluding carboxylic acids is 3. The van der Waals surface area contributed by atoms with Gasteiger partial charge in [0.05, 0.1) is 32.7 Å². The summed E-state index contributed by atoms with van der Waals surface area (Å²) in [6.07, 6.45) is 0. The zero-order valence-corrected chi connectivity index (χ0v) is 30.2. The third-order valence-corrected chi connectivity index (χ3v) is 8.47. The molecule has 1 heterocycles. The van der Waals surface area contributed by atoms with Crippen LogP contribution < -0.4 is 28.7 Å². The van der Waals surface area contributed by atoms with Gasteiger partial charge >= 0.3 is 17.9 Å². The molecular formula is C39H40F2N2O10. The Morgan fingerprint density at radius 3 is 1.85 bits per heavy atom. The van der Waals surface area contributed by atoms with Crippen LogP contribution in [0.25, 0.3) is 0 Å². The Morgan fingerprint density at radius 2 is 1.25 bits per heavy atom. The first-order valence-corrected chi connectivity index (χ1v) is 16.5. The summed E-state index contributed by atoms with van der Waals surface area (Å²) in [7, 11) is 7.14. The molecule has 0 amide bonds. The summed E-state index contributed by atoms with van der Waals surface area (Å²) in [5.41, 5.74) is 2.51. The summed E-state index contributed by atoms with van der Waals surface area (Å²) in [5.74, 6) is -1.80. The number of anilines is 2. The van der Waals surface area contributed by atoms with Crippen LogP contribution in [0.2, 0.25) is 0 Å². The van der Waals surface area contributed by atoms with E-state index in [9.17, 15) is 14.4 Å². The molecule has 0 N–H and O–H groups in total. The Bertz CT molecular complexity index is 1970. The fraction of sp³-hybridized carbons (Fsp3) is 0.308. The normalized spacial score (nSPS) is 12.7. The third kappa shape index (κ3) is 8.88. The van der Waals surface area contributed by atoms with Gasteiger partial charge in [0.1, 0.15) is 55.2 Å². The van der Waals surface area contributed by atoms with E-state index >= 15 is 8.78 Å². The molecule has 0 fully saturated rings. The number of esters is 3. The van der Waals surface area contributed by atoms with Crippen LogP contribution in [0.5, 0.6) is 28.7 Å². The van der Waals surface area contributed by atoms with Gasteiger partial charge in [-0.3, -0.25) is 9.59 Å². The number of benzene rings is 4. The van der Waals surface area contributed by atoms with Gasteiger partial charge in [0.2, 0.25) is 0 Å². The van der Waals surface area contributed by atoms with Gasteiger partial charge < -0.3 is 43.0 Å². The molecule has 0 saturated heterocycles. The number of halogens is 2. The van der Waals surface area contributed by atoms with E-state index in [1.54, 1.807) is 80.5 Å². The van der Waals surface area contributed by atoms with Crippen molar-refractivity contribution in [2.24, 2.45) is 0 Å². The summed E-state index contributed by atoms with van der Waals surface area (Å²) in [6, 6.07) is 17.8. The number of aryl methyl sites for hydroxylation is 1. The molecule has 1 aliphatic heterocycles. The van der Waals surface area contributed by atoms with Gasteiger partial charge in [0.25, 0.3) is 0 Å². The van der Waals surface area contributed by atoms with E-state index in [4.69, 9.17) is 28.4 Å². The van der Waals surface area contributed by atoms with Gasteiger partial charge in [-0.25, -0.2) is 13.6 Å². The molecule has 0 aliphatic carbocycles. The highest BCUT2D eigenvalue weighted by molar-refractivity contribution is 5.83. The summed E-state index contributed by atoms with van der Waals surface area (Å²) >= 11 is 0. The van der Waals surface area contributed by atoms with Gasteiger partial charge in [-0.1, -0.05) is 18.2 Å². The SMILES string of the molecule is COC(=O)COc1ccccc1OCCOc1cc(C2c3cc(F)c(C)cc3Oc3cc(N(C)C)c(F)cc32)ccc1N(CC(=O)OC)CC(=O)OC. The van der Waals surface area contributed by atoms with Crippen LogP contribution in [0, 0.1) is 18.6 Å². The molecule has 5 rings (SSSR count). The number of ether oxygens (including phenoxy) is 7. The van der Waals surface area contributed by atoms with Gasteiger partial charge in [-0.15, -0.1) is 0 Å². The number of fused-ring (bicyclic) bond motifs is 2. The van der Waals surface area contributed by atoms with E-state index in [1.807, 2.05) is 0 Å². The zero-order chi connectivity index (χ0) is 38.2. The number of hydrogen-bond donors (Lipinski definition) is 0. The van der Waals surface area contributed by atoms with Gasteiger partial charge in [-0.2, -0.15) is 0 Å². The minimum atomic E-state index is -0.712. The van der Waals surface area contributed by atoms with Crippen LogP contribution in [-0.2, 0) is 28.6 Å². The summed E-state index contributed by atoms with van der Waals surface area (Å²) in [5, 5.41) is 0. The molecule has 0 radical (unpaired) electrons. The average molecular weight is 735 g/mol. The number of para-hydroxylation sites is 2. The lowest BCUT2D eigenvalue weighted by atomic mass is 9.81. The number of rotatable bonds is 15. The van der Waals surface area contributed by atoms with Crippen molar-refractivity contribution in [2.75, 3.05) is 78.1 Å². The van der Waals surface area contributed by atoms with Crippen LogP contribution in [0.4, 0.5) is 20.2 Å². The van der Waals surface area contributed by atoms with E-state index in [0.717, 1.165) is 0 Å². The van der Waals surface area contributed by atoms with Crippen LogP contribution in [0.15, 0.2) is 66.7 Å². The lowest BCUT2D eigenvalue weighted by Crippen LogP contribution is -2.36. The van der Waals surface area contributed by atoms with Crippen LogP contribution >= 0.6 is 0 Å². The third-order valence-electron chi connectivity index (χ3n) is 8.47. The Balaban J connectivity index is 1.55. The highest BCUT2D eigenvalue weighted by atomic mass is 19.1. The maximum Gasteiger partial charge on any atom is 0.343 e. The molecule has 0 bridgehead atoms. The molecule has 1 atom stereocenters. The lowest BCUT2D eigenvalue weighted by molar-refractivity contribution is -0.143. The van der Waals surface area contributed by atoms with Crippen molar-refractivity contribution in [3.63, 3.8) is 0 Å². The fourth-order valence-corrected chi connectivity index (χ4v) is 5.79. The number of hydrogen-bond acceptors (Lipinski definition) is 12. The molecule has 53 heavy (non-hydrogen) atoms. The van der Waals surface area contributed by atoms with Crippen molar-refractivity contribution in [3.05, 3.63) is 101 Å². The predicted octanol–water partition coefficient (Wildman–Crippen LogP) is 5.79. The smallest absolute Gasteiger partial charge is 0.343 e. The summed E-state index contributed by atoms with van der Waals surface area (Å²) < 4.78 is 69.1. The molecule has 12 nitrogen and oxygen atoms in total.